The van der Waals surface area contributed by atoms with E-state index in [0.29, 0.717) is 6.61 Å². The number of unbranched alkanes of at least 4 members (excludes halogenated alkanes) is 9. The second-order valence-corrected chi connectivity index (χ2v) is 6.33. The molecule has 0 radical (unpaired) electrons. The van der Waals surface area contributed by atoms with E-state index in [-0.39, 0.29) is 19.4 Å². The topological polar surface area (TPSA) is 104 Å². The van der Waals surface area contributed by atoms with Crippen LogP contribution in [-0.4, -0.2) is 46.6 Å². The molecule has 25 heavy (non-hydrogen) atoms. The Bertz CT molecular complexity index is 304. The average molecular weight is 363 g/mol. The number of ether oxygens (including phenoxy) is 1. The number of aliphatic carboxylic acids is 1. The molecule has 0 amide bonds. The highest BCUT2D eigenvalue weighted by Gasteiger charge is 2.05. The molecule has 0 heterocycles. The largest absolute Gasteiger partial charge is 0.481 e. The van der Waals surface area contributed by atoms with Crippen LogP contribution in [0.3, 0.4) is 0 Å². The Labute approximate surface area is 152 Å². The highest BCUT2D eigenvalue weighted by Crippen LogP contribution is 2.10. The number of carbonyl (C=O) groups is 2. The molecule has 0 saturated carbocycles. The standard InChI is InChI=1S/C16H30O4.C3H8O2/c1-2-3-4-5-6-7-8-9-10-11-14-20-16(19)13-12-15(17)18;1-3(5)2-4/h2-14H2,1H3,(H,17,18);3-5H,2H2,1H3. The van der Waals surface area contributed by atoms with Gasteiger partial charge in [0.2, 0.25) is 0 Å². The minimum absolute atomic E-state index is 0.0207. The number of hydrogen-bond acceptors (Lipinski definition) is 5. The molecule has 6 heteroatoms. The van der Waals surface area contributed by atoms with Crippen LogP contribution in [0.2, 0.25) is 0 Å². The molecule has 3 N–H and O–H groups in total. The number of esters is 1. The number of carbonyl (C=O) groups excluding carboxylic acids is 1. The second kappa shape index (κ2) is 20.9. The van der Waals surface area contributed by atoms with Gasteiger partial charge in [-0.1, -0.05) is 64.7 Å². The lowest BCUT2D eigenvalue weighted by molar-refractivity contribution is -0.147. The van der Waals surface area contributed by atoms with E-state index in [9.17, 15) is 9.59 Å². The van der Waals surface area contributed by atoms with Crippen molar-refractivity contribution < 1.29 is 29.6 Å². The van der Waals surface area contributed by atoms with E-state index in [2.05, 4.69) is 6.92 Å². The van der Waals surface area contributed by atoms with Crippen molar-refractivity contribution in [3.05, 3.63) is 0 Å². The summed E-state index contributed by atoms with van der Waals surface area (Å²) in [6.07, 6.45) is 11.7. The van der Waals surface area contributed by atoms with E-state index in [0.717, 1.165) is 12.8 Å². The van der Waals surface area contributed by atoms with Crippen LogP contribution in [0.25, 0.3) is 0 Å². The molecule has 0 fully saturated rings. The first-order valence-electron chi connectivity index (χ1n) is 9.60. The van der Waals surface area contributed by atoms with E-state index in [1.165, 1.54) is 58.3 Å². The quantitative estimate of drug-likeness (QED) is 0.303. The highest BCUT2D eigenvalue weighted by molar-refractivity contribution is 5.76. The highest BCUT2D eigenvalue weighted by atomic mass is 16.5. The summed E-state index contributed by atoms with van der Waals surface area (Å²) in [6.45, 7) is 4.05. The van der Waals surface area contributed by atoms with Crippen molar-refractivity contribution in [2.24, 2.45) is 0 Å². The summed E-state index contributed by atoms with van der Waals surface area (Å²) in [4.78, 5) is 21.4. The maximum atomic E-state index is 11.1. The van der Waals surface area contributed by atoms with Crippen LogP contribution in [0.4, 0.5) is 0 Å². The molecule has 0 aliphatic rings. The van der Waals surface area contributed by atoms with Crippen molar-refractivity contribution in [2.45, 2.75) is 97.0 Å². The smallest absolute Gasteiger partial charge is 0.306 e. The second-order valence-electron chi connectivity index (χ2n) is 6.33. The molecule has 0 spiro atoms. The van der Waals surface area contributed by atoms with E-state index in [1.54, 1.807) is 0 Å². The molecule has 0 aromatic rings. The molecule has 0 saturated heterocycles. The summed E-state index contributed by atoms with van der Waals surface area (Å²) in [5.74, 6) is -1.36. The van der Waals surface area contributed by atoms with Gasteiger partial charge in [0.15, 0.2) is 0 Å². The number of aliphatic hydroxyl groups excluding tert-OH is 2. The summed E-state index contributed by atoms with van der Waals surface area (Å²) < 4.78 is 4.96. The molecule has 6 nitrogen and oxygen atoms in total. The fraction of sp³-hybridized carbons (Fsp3) is 0.895. The van der Waals surface area contributed by atoms with Crippen molar-refractivity contribution in [1.29, 1.82) is 0 Å². The lowest BCUT2D eigenvalue weighted by Crippen LogP contribution is -2.08. The minimum Gasteiger partial charge on any atom is -0.481 e. The molecular formula is C19H38O6. The van der Waals surface area contributed by atoms with Crippen molar-refractivity contribution in [1.82, 2.24) is 0 Å². The zero-order valence-corrected chi connectivity index (χ0v) is 16.0. The Kier molecular flexibility index (Phi) is 21.8. The first-order valence-corrected chi connectivity index (χ1v) is 9.60. The Morgan fingerprint density at radius 1 is 0.880 bits per heavy atom. The summed E-state index contributed by atoms with van der Waals surface area (Å²) in [6, 6.07) is 0. The predicted octanol–water partition coefficient (Wildman–Crippen LogP) is 3.67. The molecule has 150 valence electrons. The monoisotopic (exact) mass is 362 g/mol. The third-order valence-corrected chi connectivity index (χ3v) is 3.57. The number of rotatable bonds is 15. The van der Waals surface area contributed by atoms with Crippen LogP contribution in [0, 0.1) is 0 Å². The Hall–Kier alpha value is -1.14. The van der Waals surface area contributed by atoms with Gasteiger partial charge in [0.05, 0.1) is 32.2 Å². The van der Waals surface area contributed by atoms with Crippen LogP contribution in [0.1, 0.15) is 90.9 Å². The van der Waals surface area contributed by atoms with Gasteiger partial charge in [-0.15, -0.1) is 0 Å². The fourth-order valence-electron chi connectivity index (χ4n) is 2.06. The average Bonchev–Trinajstić information content (AvgIpc) is 2.58. The van der Waals surface area contributed by atoms with E-state index >= 15 is 0 Å². The third kappa shape index (κ3) is 28.0. The van der Waals surface area contributed by atoms with E-state index in [1.807, 2.05) is 0 Å². The van der Waals surface area contributed by atoms with E-state index < -0.39 is 18.0 Å². The summed E-state index contributed by atoms with van der Waals surface area (Å²) in [5, 5.41) is 24.4. The van der Waals surface area contributed by atoms with Gasteiger partial charge >= 0.3 is 11.9 Å². The number of carboxylic acid groups (broad SMARTS) is 1. The first kappa shape index (κ1) is 26.1. The van der Waals surface area contributed by atoms with Crippen LogP contribution in [-0.2, 0) is 14.3 Å². The van der Waals surface area contributed by atoms with Crippen molar-refractivity contribution in [2.75, 3.05) is 13.2 Å². The molecule has 0 aliphatic heterocycles. The van der Waals surface area contributed by atoms with Crippen LogP contribution in [0.15, 0.2) is 0 Å². The van der Waals surface area contributed by atoms with Gasteiger partial charge in [0.25, 0.3) is 0 Å². The van der Waals surface area contributed by atoms with Crippen LogP contribution < -0.4 is 0 Å². The lowest BCUT2D eigenvalue weighted by atomic mass is 10.1. The van der Waals surface area contributed by atoms with Gasteiger partial charge < -0.3 is 20.1 Å². The minimum atomic E-state index is -0.958. The van der Waals surface area contributed by atoms with Crippen molar-refractivity contribution >= 4 is 11.9 Å². The van der Waals surface area contributed by atoms with Crippen LogP contribution >= 0.6 is 0 Å². The fourth-order valence-corrected chi connectivity index (χ4v) is 2.06. The molecule has 0 bridgehead atoms. The van der Waals surface area contributed by atoms with Gasteiger partial charge in [0.1, 0.15) is 0 Å². The van der Waals surface area contributed by atoms with Crippen LogP contribution in [0.5, 0.6) is 0 Å². The Balaban J connectivity index is 0. The normalized spacial score (nSPS) is 11.4. The Morgan fingerprint density at radius 3 is 1.72 bits per heavy atom. The van der Waals surface area contributed by atoms with Gasteiger partial charge in [-0.25, -0.2) is 0 Å². The maximum absolute atomic E-state index is 11.1. The van der Waals surface area contributed by atoms with Gasteiger partial charge in [-0.3, -0.25) is 9.59 Å². The summed E-state index contributed by atoms with van der Waals surface area (Å²) >= 11 is 0. The molecule has 0 aliphatic carbocycles. The molecule has 0 rings (SSSR count). The van der Waals surface area contributed by atoms with E-state index in [4.69, 9.17) is 20.1 Å². The molecule has 0 aromatic carbocycles. The molecule has 1 atom stereocenters. The number of aliphatic hydroxyl groups is 2. The molecule has 1 unspecified atom stereocenters. The summed E-state index contributed by atoms with van der Waals surface area (Å²) in [7, 11) is 0. The zero-order valence-electron chi connectivity index (χ0n) is 16.0. The van der Waals surface area contributed by atoms with Crippen molar-refractivity contribution in [3.63, 3.8) is 0 Å². The molecule has 0 aromatic heterocycles. The molecular weight excluding hydrogens is 324 g/mol. The van der Waals surface area contributed by atoms with Gasteiger partial charge in [0, 0.05) is 0 Å². The van der Waals surface area contributed by atoms with Gasteiger partial charge in [-0.2, -0.15) is 0 Å². The van der Waals surface area contributed by atoms with Crippen molar-refractivity contribution in [3.8, 4) is 0 Å². The third-order valence-electron chi connectivity index (χ3n) is 3.57. The number of hydrogen-bond donors (Lipinski definition) is 3. The zero-order chi connectivity index (χ0) is 19.3. The SMILES string of the molecule is CC(O)CO.CCCCCCCCCCCCOC(=O)CCC(=O)O. The number of carboxylic acids is 1. The van der Waals surface area contributed by atoms with Gasteiger partial charge in [-0.05, 0) is 13.3 Å². The first-order chi connectivity index (χ1) is 11.9. The lowest BCUT2D eigenvalue weighted by Gasteiger charge is -2.04. The Morgan fingerprint density at radius 2 is 1.32 bits per heavy atom. The predicted molar refractivity (Wildman–Crippen MR) is 98.4 cm³/mol. The summed E-state index contributed by atoms with van der Waals surface area (Å²) in [5.41, 5.74) is 0. The maximum Gasteiger partial charge on any atom is 0.306 e.